The van der Waals surface area contributed by atoms with Gasteiger partial charge in [-0.2, -0.15) is 0 Å². The van der Waals surface area contributed by atoms with E-state index in [2.05, 4.69) is 10.2 Å². The van der Waals surface area contributed by atoms with E-state index in [4.69, 9.17) is 4.74 Å². The van der Waals surface area contributed by atoms with Crippen molar-refractivity contribution >= 4 is 11.5 Å². The molecule has 0 unspecified atom stereocenters. The molecular weight excluding hydrogens is 204 g/mol. The minimum atomic E-state index is 0.101. The van der Waals surface area contributed by atoms with Gasteiger partial charge < -0.3 is 15.0 Å². The van der Waals surface area contributed by atoms with Crippen molar-refractivity contribution in [2.45, 2.75) is 0 Å². The number of hydrogen-bond donors (Lipinski definition) is 1. The summed E-state index contributed by atoms with van der Waals surface area (Å²) in [7, 11) is 3.78. The maximum atomic E-state index is 11.7. The van der Waals surface area contributed by atoms with Gasteiger partial charge in [-0.05, 0) is 25.2 Å². The molecule has 1 N–H and O–H groups in total. The molecule has 1 aromatic carbocycles. The topological polar surface area (TPSA) is 41.6 Å². The van der Waals surface area contributed by atoms with Gasteiger partial charge in [0.25, 0.3) is 0 Å². The van der Waals surface area contributed by atoms with Crippen LogP contribution in [-0.4, -0.2) is 39.6 Å². The molecule has 0 bridgehead atoms. The Balaban J connectivity index is 2.30. The molecule has 0 saturated carbocycles. The molecule has 16 heavy (non-hydrogen) atoms. The van der Waals surface area contributed by atoms with Gasteiger partial charge in [0.1, 0.15) is 12.4 Å². The van der Waals surface area contributed by atoms with Crippen molar-refractivity contribution in [2.24, 2.45) is 0 Å². The van der Waals surface area contributed by atoms with E-state index in [1.165, 1.54) is 0 Å². The first-order valence-electron chi connectivity index (χ1n) is 5.38. The largest absolute Gasteiger partial charge is 0.490 e. The lowest BCUT2D eigenvalue weighted by Crippen LogP contribution is -2.29. The molecule has 86 valence electrons. The maximum absolute atomic E-state index is 11.7. The van der Waals surface area contributed by atoms with Crippen LogP contribution >= 0.6 is 0 Å². The average molecular weight is 220 g/mol. The molecule has 1 aliphatic heterocycles. The van der Waals surface area contributed by atoms with Crippen molar-refractivity contribution in [1.82, 2.24) is 5.32 Å². The predicted octanol–water partition coefficient (Wildman–Crippen LogP) is 0.917. The van der Waals surface area contributed by atoms with Crippen LogP contribution in [-0.2, 0) is 0 Å². The lowest BCUT2D eigenvalue weighted by Gasteiger charge is -2.27. The Kier molecular flexibility index (Phi) is 3.10. The quantitative estimate of drug-likeness (QED) is 0.769. The first-order valence-corrected chi connectivity index (χ1v) is 5.38. The number of anilines is 1. The molecule has 0 aliphatic carbocycles. The van der Waals surface area contributed by atoms with Crippen LogP contribution in [0, 0.1) is 0 Å². The minimum absolute atomic E-state index is 0.101. The summed E-state index contributed by atoms with van der Waals surface area (Å²) in [5, 5.41) is 2.86. The van der Waals surface area contributed by atoms with Gasteiger partial charge >= 0.3 is 0 Å². The number of benzene rings is 1. The van der Waals surface area contributed by atoms with Gasteiger partial charge in [0.2, 0.25) is 0 Å². The molecule has 0 fully saturated rings. The number of nitrogens with one attached hydrogen (secondary N) is 1. The summed E-state index contributed by atoms with van der Waals surface area (Å²) >= 11 is 0. The number of nitrogens with zero attached hydrogens (tertiary/aromatic N) is 1. The van der Waals surface area contributed by atoms with Gasteiger partial charge in [-0.1, -0.05) is 0 Å². The fraction of sp³-hybridized carbons (Fsp3) is 0.417. The van der Waals surface area contributed by atoms with E-state index in [-0.39, 0.29) is 5.78 Å². The molecule has 1 aromatic rings. The summed E-state index contributed by atoms with van der Waals surface area (Å²) in [6, 6.07) is 5.58. The van der Waals surface area contributed by atoms with Crippen LogP contribution in [0.5, 0.6) is 5.75 Å². The van der Waals surface area contributed by atoms with Crippen molar-refractivity contribution in [2.75, 3.05) is 38.7 Å². The second-order valence-corrected chi connectivity index (χ2v) is 3.91. The van der Waals surface area contributed by atoms with E-state index in [1.807, 2.05) is 25.2 Å². The van der Waals surface area contributed by atoms with Crippen LogP contribution in [0.25, 0.3) is 0 Å². The molecular formula is C12H16N2O2. The van der Waals surface area contributed by atoms with Crippen molar-refractivity contribution in [1.29, 1.82) is 0 Å². The van der Waals surface area contributed by atoms with Gasteiger partial charge in [-0.3, -0.25) is 4.79 Å². The zero-order valence-corrected chi connectivity index (χ0v) is 9.62. The zero-order valence-electron chi connectivity index (χ0n) is 9.62. The molecule has 0 atom stereocenters. The number of carbonyl (C=O) groups is 1. The first-order chi connectivity index (χ1) is 7.72. The number of likely N-dealkylation sites (N-methyl/N-ethyl adjacent to an activating group) is 2. The molecule has 0 spiro atoms. The van der Waals surface area contributed by atoms with Gasteiger partial charge in [0.05, 0.1) is 18.8 Å². The normalized spacial score (nSPS) is 14.2. The SMILES string of the molecule is CNCC(=O)c1ccc2c(c1)N(C)CCO2. The van der Waals surface area contributed by atoms with Crippen LogP contribution in [0.4, 0.5) is 5.69 Å². The van der Waals surface area contributed by atoms with E-state index >= 15 is 0 Å². The monoisotopic (exact) mass is 220 g/mol. The third kappa shape index (κ3) is 2.02. The van der Waals surface area contributed by atoms with E-state index < -0.39 is 0 Å². The summed E-state index contributed by atoms with van der Waals surface area (Å²) in [6.45, 7) is 1.92. The van der Waals surface area contributed by atoms with Gasteiger partial charge in [0.15, 0.2) is 5.78 Å². The third-order valence-corrected chi connectivity index (χ3v) is 2.71. The standard InChI is InChI=1S/C12H16N2O2/c1-13-8-11(15)9-3-4-12-10(7-9)14(2)5-6-16-12/h3-4,7,13H,5-6,8H2,1-2H3. The van der Waals surface area contributed by atoms with Crippen LogP contribution < -0.4 is 15.0 Å². The lowest BCUT2D eigenvalue weighted by atomic mass is 10.1. The minimum Gasteiger partial charge on any atom is -0.490 e. The molecule has 0 radical (unpaired) electrons. The second kappa shape index (κ2) is 4.53. The van der Waals surface area contributed by atoms with E-state index in [9.17, 15) is 4.79 Å². The molecule has 2 rings (SSSR count). The summed E-state index contributed by atoms with van der Waals surface area (Å²) < 4.78 is 5.52. The number of ether oxygens (including phenoxy) is 1. The highest BCUT2D eigenvalue weighted by Gasteiger charge is 2.16. The van der Waals surface area contributed by atoms with Crippen molar-refractivity contribution in [3.05, 3.63) is 23.8 Å². The summed E-state index contributed by atoms with van der Waals surface area (Å²) in [5.41, 5.74) is 1.72. The maximum Gasteiger partial charge on any atom is 0.176 e. The molecule has 0 amide bonds. The highest BCUT2D eigenvalue weighted by Crippen LogP contribution is 2.31. The fourth-order valence-electron chi connectivity index (χ4n) is 1.79. The Labute approximate surface area is 95.2 Å². The highest BCUT2D eigenvalue weighted by atomic mass is 16.5. The molecule has 1 heterocycles. The van der Waals surface area contributed by atoms with Crippen molar-refractivity contribution in [3.63, 3.8) is 0 Å². The first kappa shape index (κ1) is 11.0. The Morgan fingerprint density at radius 3 is 3.12 bits per heavy atom. The average Bonchev–Trinajstić information content (AvgIpc) is 2.29. The summed E-state index contributed by atoms with van der Waals surface area (Å²) in [6.07, 6.45) is 0. The summed E-state index contributed by atoms with van der Waals surface area (Å²) in [5.74, 6) is 0.957. The Morgan fingerprint density at radius 1 is 1.56 bits per heavy atom. The van der Waals surface area contributed by atoms with Crippen LogP contribution in [0.3, 0.4) is 0 Å². The number of carbonyl (C=O) groups excluding carboxylic acids is 1. The second-order valence-electron chi connectivity index (χ2n) is 3.91. The third-order valence-electron chi connectivity index (χ3n) is 2.71. The lowest BCUT2D eigenvalue weighted by molar-refractivity contribution is 0.0993. The number of hydrogen-bond acceptors (Lipinski definition) is 4. The molecule has 4 nitrogen and oxygen atoms in total. The predicted molar refractivity (Wildman–Crippen MR) is 63.5 cm³/mol. The zero-order chi connectivity index (χ0) is 11.5. The van der Waals surface area contributed by atoms with Gasteiger partial charge in [0, 0.05) is 12.6 Å². The van der Waals surface area contributed by atoms with E-state index in [0.717, 1.165) is 23.5 Å². The molecule has 1 aliphatic rings. The molecule has 0 saturated heterocycles. The van der Waals surface area contributed by atoms with Crippen LogP contribution in [0.1, 0.15) is 10.4 Å². The highest BCUT2D eigenvalue weighted by molar-refractivity contribution is 5.98. The Hall–Kier alpha value is -1.55. The van der Waals surface area contributed by atoms with Gasteiger partial charge in [-0.25, -0.2) is 0 Å². The number of fused-ring (bicyclic) bond motifs is 1. The Morgan fingerprint density at radius 2 is 2.38 bits per heavy atom. The Bertz CT molecular complexity index is 404. The molecule has 0 aromatic heterocycles. The van der Waals surface area contributed by atoms with Crippen molar-refractivity contribution in [3.8, 4) is 5.75 Å². The number of Topliss-reactive ketones (excluding diaryl/α,β-unsaturated/α-hetero) is 1. The van der Waals surface area contributed by atoms with E-state index in [0.29, 0.717) is 13.2 Å². The van der Waals surface area contributed by atoms with Crippen LogP contribution in [0.2, 0.25) is 0 Å². The van der Waals surface area contributed by atoms with Crippen LogP contribution in [0.15, 0.2) is 18.2 Å². The van der Waals surface area contributed by atoms with Gasteiger partial charge in [-0.15, -0.1) is 0 Å². The number of rotatable bonds is 3. The van der Waals surface area contributed by atoms with Crippen molar-refractivity contribution < 1.29 is 9.53 Å². The smallest absolute Gasteiger partial charge is 0.176 e. The summed E-state index contributed by atoms with van der Waals surface area (Å²) in [4.78, 5) is 13.8. The number of ketones is 1. The molecule has 4 heteroatoms. The fourth-order valence-corrected chi connectivity index (χ4v) is 1.79. The van der Waals surface area contributed by atoms with E-state index in [1.54, 1.807) is 7.05 Å².